The number of nitrogens with zero attached hydrogens (tertiary/aromatic N) is 3. The van der Waals surface area contributed by atoms with Crippen LogP contribution in [0.15, 0.2) is 75.2 Å². The van der Waals surface area contributed by atoms with Crippen LogP contribution in [0.4, 0.5) is 11.4 Å². The van der Waals surface area contributed by atoms with Crippen molar-refractivity contribution in [2.45, 2.75) is 4.90 Å². The first-order chi connectivity index (χ1) is 13.4. The summed E-state index contributed by atoms with van der Waals surface area (Å²) in [6, 6.07) is 15.3. The van der Waals surface area contributed by atoms with Crippen molar-refractivity contribution in [2.24, 2.45) is 9.63 Å². The van der Waals surface area contributed by atoms with Gasteiger partial charge in [0.15, 0.2) is 5.69 Å². The lowest BCUT2D eigenvalue weighted by Gasteiger charge is -2.01. The van der Waals surface area contributed by atoms with E-state index in [1.165, 1.54) is 18.2 Å². The van der Waals surface area contributed by atoms with Gasteiger partial charge in [-0.15, -0.1) is 5.11 Å². The van der Waals surface area contributed by atoms with E-state index in [9.17, 15) is 23.6 Å². The third-order valence-electron chi connectivity index (χ3n) is 4.23. The third-order valence-corrected chi connectivity index (χ3v) is 5.40. The maximum atomic E-state index is 12.3. The van der Waals surface area contributed by atoms with Crippen molar-refractivity contribution in [3.63, 3.8) is 0 Å². The number of nitro groups is 1. The van der Waals surface area contributed by atoms with Crippen molar-refractivity contribution < 1.29 is 18.4 Å². The topological polar surface area (TPSA) is 138 Å². The number of H-pyrrole nitrogens is 1. The fourth-order valence-electron chi connectivity index (χ4n) is 2.97. The number of sulfonamides is 1. The number of nitro benzene ring substituents is 1. The average Bonchev–Trinajstić information content (AvgIpc) is 3.01. The molecule has 0 amide bonds. The average molecular weight is 396 g/mol. The number of benzene rings is 3. The highest BCUT2D eigenvalue weighted by Crippen LogP contribution is 2.42. The van der Waals surface area contributed by atoms with Gasteiger partial charge in [0.2, 0.25) is 5.88 Å². The number of rotatable bonds is 4. The molecule has 1 aromatic heterocycles. The van der Waals surface area contributed by atoms with Crippen molar-refractivity contribution in [3.8, 4) is 5.88 Å². The van der Waals surface area contributed by atoms with Gasteiger partial charge in [0.25, 0.3) is 15.7 Å². The van der Waals surface area contributed by atoms with Gasteiger partial charge < -0.3 is 10.1 Å². The maximum absolute atomic E-state index is 12.3. The number of non-ortho nitro benzene ring substituents is 1. The lowest BCUT2D eigenvalue weighted by molar-refractivity contribution is -0.382. The largest absolute Gasteiger partial charge is 0.493 e. The summed E-state index contributed by atoms with van der Waals surface area (Å²) in [5.41, 5.74) is 0.0117. The van der Waals surface area contributed by atoms with Gasteiger partial charge in [-0.25, -0.2) is 0 Å². The molecule has 28 heavy (non-hydrogen) atoms. The van der Waals surface area contributed by atoms with E-state index in [-0.39, 0.29) is 21.7 Å². The molecule has 0 fully saturated rings. The minimum absolute atomic E-state index is 0.0606. The number of hydrogen-bond donors (Lipinski definition) is 2. The molecule has 4 aromatic rings. The molecular formula is C18H12N4O5S. The molecule has 140 valence electrons. The first-order valence-corrected chi connectivity index (χ1v) is 9.46. The van der Waals surface area contributed by atoms with Gasteiger partial charge >= 0.3 is 0 Å². The van der Waals surface area contributed by atoms with Gasteiger partial charge in [0.1, 0.15) is 0 Å². The zero-order valence-electron chi connectivity index (χ0n) is 14.1. The van der Waals surface area contributed by atoms with Crippen LogP contribution in [0.25, 0.3) is 21.7 Å². The molecule has 0 saturated heterocycles. The predicted molar refractivity (Wildman–Crippen MR) is 102 cm³/mol. The fourth-order valence-corrected chi connectivity index (χ4v) is 3.75. The Hall–Kier alpha value is -3.79. The Morgan fingerprint density at radius 2 is 1.61 bits per heavy atom. The summed E-state index contributed by atoms with van der Waals surface area (Å²) in [5, 5.41) is 26.4. The maximum Gasteiger partial charge on any atom is 0.299 e. The number of nitrogens with one attached hydrogen (secondary N) is 1. The highest BCUT2D eigenvalue weighted by Gasteiger charge is 2.21. The minimum atomic E-state index is -4.09. The van der Waals surface area contributed by atoms with E-state index in [0.717, 1.165) is 0 Å². The van der Waals surface area contributed by atoms with Crippen molar-refractivity contribution in [3.05, 3.63) is 70.8 Å². The smallest absolute Gasteiger partial charge is 0.299 e. The van der Waals surface area contributed by atoms with Gasteiger partial charge in [-0.05, 0) is 18.2 Å². The summed E-state index contributed by atoms with van der Waals surface area (Å²) in [5.74, 6) is -0.437. The molecule has 4 rings (SSSR count). The normalized spacial score (nSPS) is 12.1. The lowest BCUT2D eigenvalue weighted by Crippen LogP contribution is -1.94. The van der Waals surface area contributed by atoms with Crippen LogP contribution < -0.4 is 0 Å². The Morgan fingerprint density at radius 1 is 0.964 bits per heavy atom. The molecule has 9 nitrogen and oxygen atoms in total. The Balaban J connectivity index is 1.93. The Labute approximate surface area is 158 Å². The van der Waals surface area contributed by atoms with Crippen molar-refractivity contribution in [1.29, 1.82) is 0 Å². The predicted octanol–water partition coefficient (Wildman–Crippen LogP) is 4.41. The number of hydrogen-bond acceptors (Lipinski definition) is 6. The number of aromatic amines is 1. The van der Waals surface area contributed by atoms with Crippen LogP contribution in [-0.2, 0) is 10.0 Å². The SMILES string of the molecule is O=[N+]([O-])c1cc2c(N=NS(=O)(=O)c3ccccc3)c(O)[nH]c2c2ccccc12. The Bertz CT molecular complexity index is 1360. The van der Waals surface area contributed by atoms with Gasteiger partial charge in [-0.3, -0.25) is 10.1 Å². The van der Waals surface area contributed by atoms with Crippen LogP contribution in [0.1, 0.15) is 0 Å². The van der Waals surface area contributed by atoms with Crippen molar-refractivity contribution in [2.75, 3.05) is 0 Å². The first kappa shape index (κ1) is 17.6. The molecule has 2 N–H and O–H groups in total. The number of fused-ring (bicyclic) bond motifs is 3. The van der Waals surface area contributed by atoms with Crippen LogP contribution in [-0.4, -0.2) is 23.4 Å². The van der Waals surface area contributed by atoms with E-state index in [1.807, 2.05) is 0 Å². The van der Waals surface area contributed by atoms with Crippen LogP contribution >= 0.6 is 0 Å². The van der Waals surface area contributed by atoms with Crippen LogP contribution in [0.2, 0.25) is 0 Å². The second kappa shape index (κ2) is 6.43. The van der Waals surface area contributed by atoms with Crippen molar-refractivity contribution >= 4 is 43.1 Å². The van der Waals surface area contributed by atoms with Crippen LogP contribution in [0.3, 0.4) is 0 Å². The highest BCUT2D eigenvalue weighted by molar-refractivity contribution is 7.90. The van der Waals surface area contributed by atoms with Crippen LogP contribution in [0.5, 0.6) is 5.88 Å². The van der Waals surface area contributed by atoms with E-state index < -0.39 is 20.8 Å². The molecule has 1 heterocycles. The van der Waals surface area contributed by atoms with E-state index in [4.69, 9.17) is 0 Å². The molecule has 10 heteroatoms. The van der Waals surface area contributed by atoms with Crippen molar-refractivity contribution in [1.82, 2.24) is 4.98 Å². The highest BCUT2D eigenvalue weighted by atomic mass is 32.2. The molecule has 0 radical (unpaired) electrons. The summed E-state index contributed by atoms with van der Waals surface area (Å²) in [6.45, 7) is 0. The molecule has 0 aliphatic carbocycles. The zero-order valence-corrected chi connectivity index (χ0v) is 14.9. The quantitative estimate of drug-likeness (QED) is 0.299. The Kier molecular flexibility index (Phi) is 4.04. The molecule has 3 aromatic carbocycles. The molecule has 0 spiro atoms. The van der Waals surface area contributed by atoms with Gasteiger partial charge in [-0.1, -0.05) is 40.9 Å². The van der Waals surface area contributed by atoms with Gasteiger partial charge in [0.05, 0.1) is 20.7 Å². The summed E-state index contributed by atoms with van der Waals surface area (Å²) in [4.78, 5) is 13.5. The van der Waals surface area contributed by atoms with Gasteiger partial charge in [0, 0.05) is 16.8 Å². The summed E-state index contributed by atoms with van der Waals surface area (Å²) in [6.07, 6.45) is 0. The minimum Gasteiger partial charge on any atom is -0.493 e. The Morgan fingerprint density at radius 3 is 2.29 bits per heavy atom. The summed E-state index contributed by atoms with van der Waals surface area (Å²) >= 11 is 0. The van der Waals surface area contributed by atoms with Gasteiger partial charge in [-0.2, -0.15) is 8.42 Å². The van der Waals surface area contributed by atoms with E-state index >= 15 is 0 Å². The lowest BCUT2D eigenvalue weighted by atomic mass is 10.1. The molecule has 0 saturated carbocycles. The molecule has 0 bridgehead atoms. The monoisotopic (exact) mass is 396 g/mol. The first-order valence-electron chi connectivity index (χ1n) is 8.02. The van der Waals surface area contributed by atoms with E-state index in [0.29, 0.717) is 16.3 Å². The van der Waals surface area contributed by atoms with E-state index in [2.05, 4.69) is 14.6 Å². The van der Waals surface area contributed by atoms with E-state index in [1.54, 1.807) is 42.5 Å². The molecule has 0 atom stereocenters. The molecular weight excluding hydrogens is 384 g/mol. The standard InChI is InChI=1S/C18H12N4O5S/c23-18-17(20-21-28(26,27)11-6-2-1-3-7-11)14-10-15(22(24)25)12-8-4-5-9-13(12)16(14)19-18/h1-10,19,23H. The van der Waals surface area contributed by atoms with Crippen LogP contribution in [0, 0.1) is 10.1 Å². The molecule has 0 aliphatic rings. The third kappa shape index (κ3) is 2.85. The number of aromatic hydroxyl groups is 1. The summed E-state index contributed by atoms with van der Waals surface area (Å²) in [7, 11) is -4.09. The number of aromatic nitrogens is 1. The summed E-state index contributed by atoms with van der Waals surface area (Å²) < 4.78 is 28.0. The zero-order chi connectivity index (χ0) is 19.9. The second-order valence-corrected chi connectivity index (χ2v) is 7.50. The second-order valence-electron chi connectivity index (χ2n) is 5.91. The molecule has 0 aliphatic heterocycles. The molecule has 0 unspecified atom stereocenters. The fraction of sp³-hybridized carbons (Fsp3) is 0.